The van der Waals surface area contributed by atoms with Crippen molar-refractivity contribution in [1.29, 1.82) is 0 Å². The first-order chi connectivity index (χ1) is 14.0. The SMILES string of the molecule is O=C(CCNS(=O)(=O)c1ccc2ccccc2c1)OCC(=O)N1CCCCCC1. The minimum atomic E-state index is -3.73. The lowest BCUT2D eigenvalue weighted by Gasteiger charge is -2.19. The summed E-state index contributed by atoms with van der Waals surface area (Å²) in [5.41, 5.74) is 0. The molecule has 2 aromatic carbocycles. The van der Waals surface area contributed by atoms with Gasteiger partial charge in [-0.3, -0.25) is 9.59 Å². The highest BCUT2D eigenvalue weighted by Crippen LogP contribution is 2.18. The Morgan fingerprint density at radius 3 is 2.38 bits per heavy atom. The third-order valence-corrected chi connectivity index (χ3v) is 6.43. The van der Waals surface area contributed by atoms with Gasteiger partial charge >= 0.3 is 5.97 Å². The third-order valence-electron chi connectivity index (χ3n) is 4.97. The average Bonchev–Trinajstić information content (AvgIpc) is 3.01. The van der Waals surface area contributed by atoms with E-state index in [-0.39, 0.29) is 30.4 Å². The molecule has 1 amide bonds. The van der Waals surface area contributed by atoms with Crippen LogP contribution in [0.1, 0.15) is 32.1 Å². The number of hydrogen-bond acceptors (Lipinski definition) is 5. The van der Waals surface area contributed by atoms with Gasteiger partial charge in [0.05, 0.1) is 11.3 Å². The summed E-state index contributed by atoms with van der Waals surface area (Å²) in [5, 5.41) is 1.77. The van der Waals surface area contributed by atoms with E-state index in [9.17, 15) is 18.0 Å². The smallest absolute Gasteiger partial charge is 0.307 e. The maximum absolute atomic E-state index is 12.4. The zero-order chi connectivity index (χ0) is 20.7. The van der Waals surface area contributed by atoms with Crippen LogP contribution >= 0.6 is 0 Å². The molecule has 0 atom stereocenters. The third kappa shape index (κ3) is 6.01. The zero-order valence-electron chi connectivity index (χ0n) is 16.3. The van der Waals surface area contributed by atoms with E-state index in [0.29, 0.717) is 13.1 Å². The highest BCUT2D eigenvalue weighted by Gasteiger charge is 2.18. The van der Waals surface area contributed by atoms with Gasteiger partial charge in [0.25, 0.3) is 5.91 Å². The fourth-order valence-corrected chi connectivity index (χ4v) is 4.40. The van der Waals surface area contributed by atoms with Gasteiger partial charge in [0.2, 0.25) is 10.0 Å². The van der Waals surface area contributed by atoms with Crippen LogP contribution in [0, 0.1) is 0 Å². The molecule has 1 heterocycles. The number of fused-ring (bicyclic) bond motifs is 1. The molecule has 1 aliphatic heterocycles. The van der Waals surface area contributed by atoms with E-state index >= 15 is 0 Å². The Balaban J connectivity index is 1.45. The van der Waals surface area contributed by atoms with Crippen molar-refractivity contribution >= 4 is 32.7 Å². The summed E-state index contributed by atoms with van der Waals surface area (Å²) in [5.74, 6) is -0.800. The van der Waals surface area contributed by atoms with Crippen molar-refractivity contribution < 1.29 is 22.7 Å². The molecular formula is C21H26N2O5S. The number of ether oxygens (including phenoxy) is 1. The van der Waals surface area contributed by atoms with Crippen molar-refractivity contribution in [1.82, 2.24) is 9.62 Å². The van der Waals surface area contributed by atoms with Crippen LogP contribution in [0.2, 0.25) is 0 Å². The highest BCUT2D eigenvalue weighted by atomic mass is 32.2. The molecule has 0 bridgehead atoms. The maximum atomic E-state index is 12.4. The molecule has 8 heteroatoms. The minimum absolute atomic E-state index is 0.0914. The van der Waals surface area contributed by atoms with E-state index in [4.69, 9.17) is 4.74 Å². The number of benzene rings is 2. The maximum Gasteiger partial charge on any atom is 0.307 e. The van der Waals surface area contributed by atoms with Crippen molar-refractivity contribution in [3.05, 3.63) is 42.5 Å². The van der Waals surface area contributed by atoms with Crippen LogP contribution < -0.4 is 4.72 Å². The van der Waals surface area contributed by atoms with Gasteiger partial charge in [-0.25, -0.2) is 13.1 Å². The second-order valence-electron chi connectivity index (χ2n) is 7.11. The van der Waals surface area contributed by atoms with Crippen molar-refractivity contribution in [3.63, 3.8) is 0 Å². The van der Waals surface area contributed by atoms with Crippen LogP contribution in [0.25, 0.3) is 10.8 Å². The van der Waals surface area contributed by atoms with Gasteiger partial charge in [0, 0.05) is 19.6 Å². The molecule has 0 aromatic heterocycles. The molecule has 0 radical (unpaired) electrons. The van der Waals surface area contributed by atoms with Gasteiger partial charge in [-0.05, 0) is 35.7 Å². The second-order valence-corrected chi connectivity index (χ2v) is 8.88. The Kier molecular flexibility index (Phi) is 7.22. The number of likely N-dealkylation sites (tertiary alicyclic amines) is 1. The van der Waals surface area contributed by atoms with Crippen molar-refractivity contribution in [2.75, 3.05) is 26.2 Å². The molecule has 1 N–H and O–H groups in total. The van der Waals surface area contributed by atoms with Gasteiger partial charge in [-0.15, -0.1) is 0 Å². The van der Waals surface area contributed by atoms with Crippen LogP contribution in [0.15, 0.2) is 47.4 Å². The quantitative estimate of drug-likeness (QED) is 0.697. The Hall–Kier alpha value is -2.45. The van der Waals surface area contributed by atoms with Crippen LogP contribution in [0.5, 0.6) is 0 Å². The lowest BCUT2D eigenvalue weighted by atomic mass is 10.1. The number of nitrogens with one attached hydrogen (secondary N) is 1. The van der Waals surface area contributed by atoms with E-state index < -0.39 is 16.0 Å². The molecule has 0 unspecified atom stereocenters. The zero-order valence-corrected chi connectivity index (χ0v) is 17.1. The number of carbonyl (C=O) groups excluding carboxylic acids is 2. The van der Waals surface area contributed by atoms with Crippen LogP contribution in [-0.2, 0) is 24.3 Å². The Bertz CT molecular complexity index is 966. The first kappa shape index (κ1) is 21.3. The van der Waals surface area contributed by atoms with E-state index in [0.717, 1.165) is 36.5 Å². The summed E-state index contributed by atoms with van der Waals surface area (Å²) in [4.78, 5) is 25.8. The largest absolute Gasteiger partial charge is 0.456 e. The molecule has 7 nitrogen and oxygen atoms in total. The van der Waals surface area contributed by atoms with Crippen molar-refractivity contribution in [2.24, 2.45) is 0 Å². The first-order valence-corrected chi connectivity index (χ1v) is 11.4. The molecule has 1 fully saturated rings. The Labute approximate surface area is 171 Å². The number of carbonyl (C=O) groups is 2. The molecule has 1 saturated heterocycles. The Morgan fingerprint density at radius 1 is 0.966 bits per heavy atom. The number of sulfonamides is 1. The lowest BCUT2D eigenvalue weighted by Crippen LogP contribution is -2.35. The van der Waals surface area contributed by atoms with E-state index in [1.54, 1.807) is 17.0 Å². The molecule has 3 rings (SSSR count). The van der Waals surface area contributed by atoms with Crippen LogP contribution in [0.3, 0.4) is 0 Å². The van der Waals surface area contributed by atoms with Gasteiger partial charge in [0.1, 0.15) is 0 Å². The van der Waals surface area contributed by atoms with E-state index in [1.165, 1.54) is 6.07 Å². The van der Waals surface area contributed by atoms with Crippen LogP contribution in [0.4, 0.5) is 0 Å². The summed E-state index contributed by atoms with van der Waals surface area (Å²) in [6.07, 6.45) is 4.02. The number of hydrogen-bond donors (Lipinski definition) is 1. The average molecular weight is 419 g/mol. The fraction of sp³-hybridized carbons (Fsp3) is 0.429. The second kappa shape index (κ2) is 9.84. The number of esters is 1. The lowest BCUT2D eigenvalue weighted by molar-refractivity contribution is -0.151. The predicted octanol–water partition coefficient (Wildman–Crippen LogP) is 2.45. The summed E-state index contributed by atoms with van der Waals surface area (Å²) in [6, 6.07) is 12.3. The summed E-state index contributed by atoms with van der Waals surface area (Å²) < 4.78 is 32.3. The number of amides is 1. The summed E-state index contributed by atoms with van der Waals surface area (Å²) in [7, 11) is -3.73. The molecular weight excluding hydrogens is 392 g/mol. The molecule has 0 spiro atoms. The standard InChI is InChI=1S/C21H26N2O5S/c24-20(23-13-5-1-2-6-14-23)16-28-21(25)11-12-22-29(26,27)19-10-9-17-7-3-4-8-18(17)15-19/h3-4,7-10,15,22H,1-2,5-6,11-14,16H2. The highest BCUT2D eigenvalue weighted by molar-refractivity contribution is 7.89. The number of nitrogens with zero attached hydrogens (tertiary/aromatic N) is 1. The van der Waals surface area contributed by atoms with Gasteiger partial charge in [0.15, 0.2) is 6.61 Å². The molecule has 0 aliphatic carbocycles. The number of rotatable bonds is 7. The normalized spacial score (nSPS) is 15.1. The van der Waals surface area contributed by atoms with Crippen molar-refractivity contribution in [2.45, 2.75) is 37.0 Å². The molecule has 0 saturated carbocycles. The predicted molar refractivity (Wildman–Crippen MR) is 110 cm³/mol. The minimum Gasteiger partial charge on any atom is -0.456 e. The molecule has 1 aliphatic rings. The van der Waals surface area contributed by atoms with E-state index in [2.05, 4.69) is 4.72 Å². The van der Waals surface area contributed by atoms with Gasteiger partial charge in [-0.1, -0.05) is 43.2 Å². The molecule has 29 heavy (non-hydrogen) atoms. The summed E-state index contributed by atoms with van der Waals surface area (Å²) >= 11 is 0. The van der Waals surface area contributed by atoms with Crippen molar-refractivity contribution in [3.8, 4) is 0 Å². The topological polar surface area (TPSA) is 92.8 Å². The monoisotopic (exact) mass is 418 g/mol. The molecule has 2 aromatic rings. The van der Waals surface area contributed by atoms with Gasteiger partial charge < -0.3 is 9.64 Å². The van der Waals surface area contributed by atoms with E-state index in [1.807, 2.05) is 24.3 Å². The van der Waals surface area contributed by atoms with Gasteiger partial charge in [-0.2, -0.15) is 0 Å². The Morgan fingerprint density at radius 2 is 1.66 bits per heavy atom. The first-order valence-electron chi connectivity index (χ1n) is 9.87. The summed E-state index contributed by atoms with van der Waals surface area (Å²) in [6.45, 7) is 1.01. The molecule has 156 valence electrons. The fourth-order valence-electron chi connectivity index (χ4n) is 3.33. The van der Waals surface area contributed by atoms with Crippen LogP contribution in [-0.4, -0.2) is 51.4 Å².